The molecule has 0 bridgehead atoms. The van der Waals surface area contributed by atoms with Gasteiger partial charge in [-0.1, -0.05) is 6.07 Å². The molecule has 0 fully saturated rings. The molecule has 0 aliphatic rings. The smallest absolute Gasteiger partial charge is 0.292 e. The lowest BCUT2D eigenvalue weighted by molar-refractivity contribution is -0.384. The molecule has 0 aromatic heterocycles. The summed E-state index contributed by atoms with van der Waals surface area (Å²) in [5.74, 6) is 0. The first-order valence-electron chi connectivity index (χ1n) is 5.61. The minimum atomic E-state index is -0.373. The Kier molecular flexibility index (Phi) is 4.45. The Balaban J connectivity index is 2.94. The molecule has 94 valence electrons. The lowest BCUT2D eigenvalue weighted by atomic mass is 10.1. The van der Waals surface area contributed by atoms with Crippen molar-refractivity contribution in [3.63, 3.8) is 0 Å². The van der Waals surface area contributed by atoms with Crippen molar-refractivity contribution in [2.75, 3.05) is 19.4 Å². The van der Waals surface area contributed by atoms with E-state index in [-0.39, 0.29) is 10.6 Å². The molecule has 5 heteroatoms. The molecule has 5 nitrogen and oxygen atoms in total. The van der Waals surface area contributed by atoms with Crippen LogP contribution in [0.2, 0.25) is 0 Å². The SMILES string of the molecule is CNc1cc(CN(C)C(C)C)ccc1[N+](=O)[O-]. The maximum atomic E-state index is 10.8. The molecular weight excluding hydrogens is 218 g/mol. The van der Waals surface area contributed by atoms with E-state index in [4.69, 9.17) is 0 Å². The second kappa shape index (κ2) is 5.63. The summed E-state index contributed by atoms with van der Waals surface area (Å²) in [5, 5.41) is 13.6. The lowest BCUT2D eigenvalue weighted by Crippen LogP contribution is -2.25. The van der Waals surface area contributed by atoms with Crippen LogP contribution in [0.15, 0.2) is 18.2 Å². The maximum Gasteiger partial charge on any atom is 0.292 e. The summed E-state index contributed by atoms with van der Waals surface area (Å²) in [6, 6.07) is 5.63. The van der Waals surface area contributed by atoms with Gasteiger partial charge in [0.05, 0.1) is 4.92 Å². The van der Waals surface area contributed by atoms with Crippen LogP contribution in [0.25, 0.3) is 0 Å². The van der Waals surface area contributed by atoms with Gasteiger partial charge in [0.15, 0.2) is 0 Å². The third-order valence-corrected chi connectivity index (χ3v) is 2.84. The largest absolute Gasteiger partial charge is 0.383 e. The van der Waals surface area contributed by atoms with Crippen LogP contribution in [0.1, 0.15) is 19.4 Å². The number of nitrogens with zero attached hydrogens (tertiary/aromatic N) is 2. The van der Waals surface area contributed by atoms with Crippen LogP contribution in [-0.2, 0) is 6.54 Å². The highest BCUT2D eigenvalue weighted by atomic mass is 16.6. The van der Waals surface area contributed by atoms with Crippen LogP contribution in [0.4, 0.5) is 11.4 Å². The predicted molar refractivity (Wildman–Crippen MR) is 69.2 cm³/mol. The molecule has 1 N–H and O–H groups in total. The van der Waals surface area contributed by atoms with Crippen molar-refractivity contribution in [1.82, 2.24) is 4.90 Å². The zero-order valence-electron chi connectivity index (χ0n) is 10.7. The first-order valence-corrected chi connectivity index (χ1v) is 5.61. The molecular formula is C12H19N3O2. The highest BCUT2D eigenvalue weighted by molar-refractivity contribution is 5.62. The minimum Gasteiger partial charge on any atom is -0.383 e. The number of nitrogens with one attached hydrogen (secondary N) is 1. The Hall–Kier alpha value is -1.62. The molecule has 0 spiro atoms. The Morgan fingerprint density at radius 2 is 2.12 bits per heavy atom. The van der Waals surface area contributed by atoms with Gasteiger partial charge in [-0.25, -0.2) is 0 Å². The molecule has 0 heterocycles. The van der Waals surface area contributed by atoms with E-state index in [1.807, 2.05) is 13.1 Å². The highest BCUT2D eigenvalue weighted by Crippen LogP contribution is 2.25. The average Bonchev–Trinajstić information content (AvgIpc) is 2.28. The van der Waals surface area contributed by atoms with Crippen LogP contribution in [0.3, 0.4) is 0 Å². The Bertz CT molecular complexity index is 405. The maximum absolute atomic E-state index is 10.8. The van der Waals surface area contributed by atoms with Crippen LogP contribution < -0.4 is 5.32 Å². The van der Waals surface area contributed by atoms with E-state index in [0.29, 0.717) is 11.7 Å². The zero-order chi connectivity index (χ0) is 13.0. The summed E-state index contributed by atoms with van der Waals surface area (Å²) in [4.78, 5) is 12.6. The van der Waals surface area contributed by atoms with Gasteiger partial charge in [0, 0.05) is 25.7 Å². The number of anilines is 1. The summed E-state index contributed by atoms with van der Waals surface area (Å²) < 4.78 is 0. The van der Waals surface area contributed by atoms with Gasteiger partial charge in [0.2, 0.25) is 0 Å². The van der Waals surface area contributed by atoms with Gasteiger partial charge in [0.25, 0.3) is 5.69 Å². The van der Waals surface area contributed by atoms with E-state index >= 15 is 0 Å². The summed E-state index contributed by atoms with van der Waals surface area (Å²) >= 11 is 0. The Morgan fingerprint density at radius 3 is 2.59 bits per heavy atom. The summed E-state index contributed by atoms with van der Waals surface area (Å²) in [7, 11) is 3.73. The predicted octanol–water partition coefficient (Wildman–Crippen LogP) is 2.48. The number of nitro groups is 1. The molecule has 0 atom stereocenters. The summed E-state index contributed by atoms with van der Waals surface area (Å²) in [6.07, 6.45) is 0. The molecule has 0 saturated carbocycles. The third-order valence-electron chi connectivity index (χ3n) is 2.84. The first kappa shape index (κ1) is 13.4. The fraction of sp³-hybridized carbons (Fsp3) is 0.500. The van der Waals surface area contributed by atoms with Crippen LogP contribution in [-0.4, -0.2) is 30.0 Å². The second-order valence-corrected chi connectivity index (χ2v) is 4.37. The molecule has 0 aliphatic carbocycles. The molecule has 0 radical (unpaired) electrons. The van der Waals surface area contributed by atoms with E-state index in [0.717, 1.165) is 12.1 Å². The molecule has 0 amide bonds. The number of rotatable bonds is 5. The number of benzene rings is 1. The molecule has 0 saturated heterocycles. The number of nitro benzene ring substituents is 1. The molecule has 0 unspecified atom stereocenters. The van der Waals surface area contributed by atoms with Gasteiger partial charge in [-0.05, 0) is 32.5 Å². The minimum absolute atomic E-state index is 0.114. The van der Waals surface area contributed by atoms with Gasteiger partial charge in [-0.2, -0.15) is 0 Å². The Labute approximate surface area is 102 Å². The normalized spacial score (nSPS) is 10.9. The third kappa shape index (κ3) is 3.42. The van der Waals surface area contributed by atoms with Crippen molar-refractivity contribution < 1.29 is 4.92 Å². The quantitative estimate of drug-likeness (QED) is 0.631. The van der Waals surface area contributed by atoms with Crippen molar-refractivity contribution in [2.24, 2.45) is 0 Å². The molecule has 1 aromatic rings. The van der Waals surface area contributed by atoms with E-state index in [1.165, 1.54) is 0 Å². The van der Waals surface area contributed by atoms with Crippen molar-refractivity contribution in [3.05, 3.63) is 33.9 Å². The van der Waals surface area contributed by atoms with Crippen LogP contribution >= 0.6 is 0 Å². The van der Waals surface area contributed by atoms with Gasteiger partial charge >= 0.3 is 0 Å². The Morgan fingerprint density at radius 1 is 1.47 bits per heavy atom. The van der Waals surface area contributed by atoms with E-state index in [1.54, 1.807) is 19.2 Å². The molecule has 0 aliphatic heterocycles. The van der Waals surface area contributed by atoms with Crippen molar-refractivity contribution in [3.8, 4) is 0 Å². The summed E-state index contributed by atoms with van der Waals surface area (Å²) in [6.45, 7) is 5.01. The topological polar surface area (TPSA) is 58.4 Å². The van der Waals surface area contributed by atoms with Gasteiger partial charge < -0.3 is 5.32 Å². The first-order chi connectivity index (χ1) is 7.95. The zero-order valence-corrected chi connectivity index (χ0v) is 10.7. The van der Waals surface area contributed by atoms with Gasteiger partial charge in [-0.3, -0.25) is 15.0 Å². The van der Waals surface area contributed by atoms with Crippen molar-refractivity contribution >= 4 is 11.4 Å². The van der Waals surface area contributed by atoms with Gasteiger partial charge in [-0.15, -0.1) is 0 Å². The van der Waals surface area contributed by atoms with E-state index in [9.17, 15) is 10.1 Å². The lowest BCUT2D eigenvalue weighted by Gasteiger charge is -2.21. The second-order valence-electron chi connectivity index (χ2n) is 4.37. The molecule has 1 aromatic carbocycles. The van der Waals surface area contributed by atoms with Crippen molar-refractivity contribution in [2.45, 2.75) is 26.4 Å². The van der Waals surface area contributed by atoms with Crippen molar-refractivity contribution in [1.29, 1.82) is 0 Å². The monoisotopic (exact) mass is 237 g/mol. The van der Waals surface area contributed by atoms with Crippen LogP contribution in [0.5, 0.6) is 0 Å². The number of hydrogen-bond acceptors (Lipinski definition) is 4. The van der Waals surface area contributed by atoms with Crippen LogP contribution in [0, 0.1) is 10.1 Å². The fourth-order valence-electron chi connectivity index (χ4n) is 1.51. The fourth-order valence-corrected chi connectivity index (χ4v) is 1.51. The van der Waals surface area contributed by atoms with E-state index in [2.05, 4.69) is 24.1 Å². The van der Waals surface area contributed by atoms with E-state index < -0.39 is 0 Å². The average molecular weight is 237 g/mol. The molecule has 17 heavy (non-hydrogen) atoms. The summed E-state index contributed by atoms with van der Waals surface area (Å²) in [5.41, 5.74) is 1.74. The molecule has 1 rings (SSSR count). The standard InChI is InChI=1S/C12H19N3O2/c1-9(2)14(4)8-10-5-6-12(15(16)17)11(7-10)13-3/h5-7,9,13H,8H2,1-4H3. The number of hydrogen-bond donors (Lipinski definition) is 1. The van der Waals surface area contributed by atoms with Gasteiger partial charge in [0.1, 0.15) is 5.69 Å². The highest BCUT2D eigenvalue weighted by Gasteiger charge is 2.13.